The Labute approximate surface area is 157 Å². The van der Waals surface area contributed by atoms with Gasteiger partial charge in [0.25, 0.3) is 5.69 Å². The van der Waals surface area contributed by atoms with E-state index in [-0.39, 0.29) is 29.6 Å². The second kappa shape index (κ2) is 6.83. The van der Waals surface area contributed by atoms with Crippen LogP contribution in [0.3, 0.4) is 0 Å². The van der Waals surface area contributed by atoms with Gasteiger partial charge in [-0.05, 0) is 61.8 Å². The molecule has 0 aromatic heterocycles. The number of nitro groups is 1. The molecular weight excluding hydrogens is 348 g/mol. The van der Waals surface area contributed by atoms with E-state index in [9.17, 15) is 19.7 Å². The number of hydrogen-bond acceptors (Lipinski definition) is 4. The molecule has 0 atom stereocenters. The Balaban J connectivity index is 1.25. The van der Waals surface area contributed by atoms with Crippen LogP contribution in [0.25, 0.3) is 0 Å². The van der Waals surface area contributed by atoms with E-state index in [0.717, 1.165) is 37.0 Å². The highest BCUT2D eigenvalue weighted by Crippen LogP contribution is 2.55. The predicted molar refractivity (Wildman–Crippen MR) is 97.5 cm³/mol. The molecule has 4 bridgehead atoms. The quantitative estimate of drug-likeness (QED) is 0.556. The Morgan fingerprint density at radius 1 is 1.00 bits per heavy atom. The molecule has 5 rings (SSSR count). The molecule has 4 fully saturated rings. The molecule has 8 heteroatoms. The topological polar surface area (TPSA) is 113 Å². The van der Waals surface area contributed by atoms with Crippen LogP contribution in [0.5, 0.6) is 0 Å². The first-order chi connectivity index (χ1) is 12.9. The molecule has 1 aromatic rings. The van der Waals surface area contributed by atoms with E-state index in [2.05, 4.69) is 16.2 Å². The van der Waals surface area contributed by atoms with Crippen molar-refractivity contribution in [1.29, 1.82) is 0 Å². The lowest BCUT2D eigenvalue weighted by Gasteiger charge is -2.56. The zero-order valence-corrected chi connectivity index (χ0v) is 15.1. The van der Waals surface area contributed by atoms with E-state index >= 15 is 0 Å². The second-order valence-electron chi connectivity index (χ2n) is 8.43. The minimum absolute atomic E-state index is 0.0211. The fourth-order valence-corrected chi connectivity index (χ4v) is 5.63. The van der Waals surface area contributed by atoms with Crippen molar-refractivity contribution >= 4 is 17.6 Å². The third-order valence-corrected chi connectivity index (χ3v) is 6.24. The Kier molecular flexibility index (Phi) is 4.49. The van der Waals surface area contributed by atoms with Gasteiger partial charge in [0.15, 0.2) is 0 Å². The summed E-state index contributed by atoms with van der Waals surface area (Å²) >= 11 is 0. The van der Waals surface area contributed by atoms with Crippen LogP contribution in [0.2, 0.25) is 0 Å². The van der Waals surface area contributed by atoms with Gasteiger partial charge in [0, 0.05) is 17.7 Å². The second-order valence-corrected chi connectivity index (χ2v) is 8.43. The van der Waals surface area contributed by atoms with Crippen molar-refractivity contribution in [3.05, 3.63) is 39.9 Å². The summed E-state index contributed by atoms with van der Waals surface area (Å²) in [4.78, 5) is 34.5. The van der Waals surface area contributed by atoms with E-state index in [4.69, 9.17) is 0 Å². The Hall–Kier alpha value is -2.64. The number of nitro benzene ring substituents is 1. The molecule has 0 spiro atoms. The van der Waals surface area contributed by atoms with E-state index in [1.807, 2.05) is 0 Å². The highest BCUT2D eigenvalue weighted by molar-refractivity contribution is 5.82. The Bertz CT molecular complexity index is 726. The average Bonchev–Trinajstić information content (AvgIpc) is 2.59. The van der Waals surface area contributed by atoms with Gasteiger partial charge >= 0.3 is 6.03 Å². The molecule has 1 aromatic carbocycles. The summed E-state index contributed by atoms with van der Waals surface area (Å²) in [6.07, 6.45) is 7.07. The van der Waals surface area contributed by atoms with E-state index < -0.39 is 4.92 Å². The van der Waals surface area contributed by atoms with Gasteiger partial charge < -0.3 is 5.32 Å². The van der Waals surface area contributed by atoms with Gasteiger partial charge in [-0.25, -0.2) is 10.2 Å². The maximum absolute atomic E-state index is 12.3. The molecule has 0 unspecified atom stereocenters. The van der Waals surface area contributed by atoms with Crippen molar-refractivity contribution in [2.75, 3.05) is 0 Å². The lowest BCUT2D eigenvalue weighted by atomic mass is 9.53. The molecular formula is C19H24N4O4. The Morgan fingerprint density at radius 3 is 2.07 bits per heavy atom. The number of benzene rings is 1. The van der Waals surface area contributed by atoms with Crippen LogP contribution < -0.4 is 16.2 Å². The summed E-state index contributed by atoms with van der Waals surface area (Å²) in [5, 5.41) is 13.8. The van der Waals surface area contributed by atoms with Crippen LogP contribution in [0, 0.1) is 27.9 Å². The van der Waals surface area contributed by atoms with Crippen LogP contribution in [-0.2, 0) is 11.2 Å². The normalized spacial score (nSPS) is 30.6. The van der Waals surface area contributed by atoms with Crippen molar-refractivity contribution in [2.24, 2.45) is 17.8 Å². The van der Waals surface area contributed by atoms with E-state index in [1.165, 1.54) is 43.5 Å². The van der Waals surface area contributed by atoms with Crippen LogP contribution in [0.1, 0.15) is 44.1 Å². The van der Waals surface area contributed by atoms with Crippen molar-refractivity contribution in [2.45, 2.75) is 50.5 Å². The monoisotopic (exact) mass is 372 g/mol. The fraction of sp³-hybridized carbons (Fsp3) is 0.579. The first-order valence-corrected chi connectivity index (χ1v) is 9.51. The van der Waals surface area contributed by atoms with Crippen LogP contribution in [0.15, 0.2) is 24.3 Å². The number of carbonyl (C=O) groups is 2. The zero-order chi connectivity index (χ0) is 19.0. The first kappa shape index (κ1) is 17.8. The fourth-order valence-electron chi connectivity index (χ4n) is 5.63. The SMILES string of the molecule is O=C(Cc1ccc([N+](=O)[O-])cc1)NNC(=O)NC12CC3CC(CC(C3)C1)C2. The molecule has 0 aliphatic heterocycles. The lowest BCUT2D eigenvalue weighted by molar-refractivity contribution is -0.384. The minimum atomic E-state index is -0.486. The smallest absolute Gasteiger partial charge is 0.331 e. The largest absolute Gasteiger partial charge is 0.333 e. The minimum Gasteiger partial charge on any atom is -0.331 e. The number of nitrogens with one attached hydrogen (secondary N) is 3. The highest BCUT2D eigenvalue weighted by atomic mass is 16.6. The molecule has 4 saturated carbocycles. The van der Waals surface area contributed by atoms with E-state index in [0.29, 0.717) is 5.56 Å². The Morgan fingerprint density at radius 2 is 1.56 bits per heavy atom. The summed E-state index contributed by atoms with van der Waals surface area (Å²) in [5.41, 5.74) is 5.38. The van der Waals surface area contributed by atoms with Crippen LogP contribution in [0.4, 0.5) is 10.5 Å². The number of nitrogens with zero attached hydrogens (tertiary/aromatic N) is 1. The zero-order valence-electron chi connectivity index (χ0n) is 15.1. The predicted octanol–water partition coefficient (Wildman–Crippen LogP) is 2.44. The molecule has 0 heterocycles. The number of rotatable bonds is 4. The van der Waals surface area contributed by atoms with Gasteiger partial charge in [-0.2, -0.15) is 0 Å². The third kappa shape index (κ3) is 3.89. The van der Waals surface area contributed by atoms with Gasteiger partial charge in [0.1, 0.15) is 0 Å². The highest BCUT2D eigenvalue weighted by Gasteiger charge is 2.51. The van der Waals surface area contributed by atoms with Gasteiger partial charge in [0.05, 0.1) is 11.3 Å². The molecule has 3 amide bonds. The van der Waals surface area contributed by atoms with Crippen LogP contribution in [-0.4, -0.2) is 22.4 Å². The van der Waals surface area contributed by atoms with Crippen molar-refractivity contribution in [1.82, 2.24) is 16.2 Å². The third-order valence-electron chi connectivity index (χ3n) is 6.24. The van der Waals surface area contributed by atoms with Gasteiger partial charge in [-0.1, -0.05) is 12.1 Å². The molecule has 3 N–H and O–H groups in total. The lowest BCUT2D eigenvalue weighted by Crippen LogP contribution is -2.62. The number of urea groups is 1. The van der Waals surface area contributed by atoms with Crippen molar-refractivity contribution in [3.8, 4) is 0 Å². The number of carbonyl (C=O) groups excluding carboxylic acids is 2. The first-order valence-electron chi connectivity index (χ1n) is 9.51. The number of amides is 3. The van der Waals surface area contributed by atoms with Crippen molar-refractivity contribution in [3.63, 3.8) is 0 Å². The van der Waals surface area contributed by atoms with Gasteiger partial charge in [-0.3, -0.25) is 20.3 Å². The van der Waals surface area contributed by atoms with Crippen molar-refractivity contribution < 1.29 is 14.5 Å². The molecule has 27 heavy (non-hydrogen) atoms. The number of non-ortho nitro benzene ring substituents is 1. The maximum Gasteiger partial charge on any atom is 0.333 e. The summed E-state index contributed by atoms with van der Waals surface area (Å²) in [6.45, 7) is 0. The molecule has 0 radical (unpaired) electrons. The summed E-state index contributed by atoms with van der Waals surface area (Å²) in [5.74, 6) is 1.82. The average molecular weight is 372 g/mol. The van der Waals surface area contributed by atoms with Gasteiger partial charge in [-0.15, -0.1) is 0 Å². The number of hydrazine groups is 1. The summed E-state index contributed by atoms with van der Waals surface area (Å²) < 4.78 is 0. The molecule has 0 saturated heterocycles. The number of hydrogen-bond donors (Lipinski definition) is 3. The molecule has 4 aliphatic rings. The molecule has 144 valence electrons. The standard InChI is InChI=1S/C19H24N4O4/c24-17(8-12-1-3-16(4-2-12)23(26)27)21-22-18(25)20-19-9-13-5-14(10-19)7-15(6-13)11-19/h1-4,13-15H,5-11H2,(H,21,24)(H2,20,22,25). The maximum atomic E-state index is 12.3. The van der Waals surface area contributed by atoms with Crippen LogP contribution >= 0.6 is 0 Å². The summed E-state index contributed by atoms with van der Waals surface area (Å²) in [7, 11) is 0. The summed E-state index contributed by atoms with van der Waals surface area (Å²) in [6, 6.07) is 5.42. The molecule has 8 nitrogen and oxygen atoms in total. The van der Waals surface area contributed by atoms with E-state index in [1.54, 1.807) is 0 Å². The van der Waals surface area contributed by atoms with Gasteiger partial charge in [0.2, 0.25) is 5.91 Å². The molecule has 4 aliphatic carbocycles.